The Bertz CT molecular complexity index is 653. The molecule has 0 atom stereocenters. The molecule has 1 N–H and O–H groups in total. The highest BCUT2D eigenvalue weighted by Gasteiger charge is 2.44. The fourth-order valence-corrected chi connectivity index (χ4v) is 3.68. The Morgan fingerprint density at radius 3 is 2.68 bits per heavy atom. The molecule has 0 saturated heterocycles. The Kier molecular flexibility index (Phi) is 2.82. The molecular weight excluding hydrogens is 262 g/mol. The molecule has 3 rings (SSSR count). The standard InChI is InChI=1S/C15H16ClNO2/c1-17-9-12(16)10-5-4-6-11(13(10)17)15(14(18)19)7-2-3-8-15/h4-6,9H,2-3,7-8H2,1H3,(H,18,19). The predicted octanol–water partition coefficient (Wildman–Crippen LogP) is 3.73. The normalized spacial score (nSPS) is 18.0. The lowest BCUT2D eigenvalue weighted by Crippen LogP contribution is -2.33. The largest absolute Gasteiger partial charge is 0.481 e. The van der Waals surface area contributed by atoms with Gasteiger partial charge in [0, 0.05) is 18.6 Å². The lowest BCUT2D eigenvalue weighted by molar-refractivity contribution is -0.143. The van der Waals surface area contributed by atoms with Crippen LogP contribution >= 0.6 is 11.6 Å². The van der Waals surface area contributed by atoms with Crippen molar-refractivity contribution in [2.75, 3.05) is 0 Å². The highest BCUT2D eigenvalue weighted by Crippen LogP contribution is 2.44. The van der Waals surface area contributed by atoms with Crippen LogP contribution in [0.5, 0.6) is 0 Å². The molecule has 0 unspecified atom stereocenters. The van der Waals surface area contributed by atoms with E-state index in [2.05, 4.69) is 0 Å². The zero-order valence-corrected chi connectivity index (χ0v) is 11.6. The first kappa shape index (κ1) is 12.5. The number of fused-ring (bicyclic) bond motifs is 1. The van der Waals surface area contributed by atoms with Gasteiger partial charge < -0.3 is 9.67 Å². The van der Waals surface area contributed by atoms with E-state index in [-0.39, 0.29) is 0 Å². The molecule has 1 fully saturated rings. The highest BCUT2D eigenvalue weighted by molar-refractivity contribution is 6.35. The Labute approximate surface area is 116 Å². The minimum atomic E-state index is -0.741. The van der Waals surface area contributed by atoms with Crippen molar-refractivity contribution in [3.63, 3.8) is 0 Å². The molecule has 1 aliphatic rings. The molecule has 1 aliphatic carbocycles. The van der Waals surface area contributed by atoms with Crippen molar-refractivity contribution in [3.8, 4) is 0 Å². The highest BCUT2D eigenvalue weighted by atomic mass is 35.5. The van der Waals surface area contributed by atoms with E-state index in [0.717, 1.165) is 29.3 Å². The van der Waals surface area contributed by atoms with Gasteiger partial charge in [0.25, 0.3) is 0 Å². The summed E-state index contributed by atoms with van der Waals surface area (Å²) in [6.07, 6.45) is 5.22. The molecule has 100 valence electrons. The summed E-state index contributed by atoms with van der Waals surface area (Å²) in [7, 11) is 1.92. The van der Waals surface area contributed by atoms with Crippen LogP contribution in [0.15, 0.2) is 24.4 Å². The minimum absolute atomic E-state index is 0.679. The van der Waals surface area contributed by atoms with Crippen molar-refractivity contribution < 1.29 is 9.90 Å². The van der Waals surface area contributed by atoms with Crippen LogP contribution in [-0.4, -0.2) is 15.6 Å². The maximum Gasteiger partial charge on any atom is 0.314 e. The second kappa shape index (κ2) is 4.27. The van der Waals surface area contributed by atoms with Gasteiger partial charge in [-0.1, -0.05) is 42.6 Å². The predicted molar refractivity (Wildman–Crippen MR) is 75.7 cm³/mol. The van der Waals surface area contributed by atoms with E-state index in [1.54, 1.807) is 0 Å². The first-order chi connectivity index (χ1) is 9.06. The Hall–Kier alpha value is -1.48. The summed E-state index contributed by atoms with van der Waals surface area (Å²) in [5.74, 6) is -0.713. The number of hydrogen-bond acceptors (Lipinski definition) is 1. The van der Waals surface area contributed by atoms with Crippen molar-refractivity contribution in [1.29, 1.82) is 0 Å². The molecule has 1 aromatic heterocycles. The molecule has 0 spiro atoms. The van der Waals surface area contributed by atoms with Crippen molar-refractivity contribution in [2.24, 2.45) is 7.05 Å². The summed E-state index contributed by atoms with van der Waals surface area (Å²) < 4.78 is 1.94. The summed E-state index contributed by atoms with van der Waals surface area (Å²) >= 11 is 6.21. The van der Waals surface area contributed by atoms with Gasteiger partial charge in [-0.2, -0.15) is 0 Å². The number of aliphatic carboxylic acids is 1. The lowest BCUT2D eigenvalue weighted by atomic mass is 9.78. The number of nitrogens with zero attached hydrogens (tertiary/aromatic N) is 1. The molecule has 3 nitrogen and oxygen atoms in total. The SMILES string of the molecule is Cn1cc(Cl)c2cccc(C3(C(=O)O)CCCC3)c21. The maximum atomic E-state index is 11.8. The van der Waals surface area contributed by atoms with Gasteiger partial charge in [0.1, 0.15) is 0 Å². The quantitative estimate of drug-likeness (QED) is 0.909. The fourth-order valence-electron chi connectivity index (χ4n) is 3.38. The molecule has 0 radical (unpaired) electrons. The van der Waals surface area contributed by atoms with Gasteiger partial charge in [-0.05, 0) is 18.4 Å². The molecule has 0 amide bonds. The number of rotatable bonds is 2. The van der Waals surface area contributed by atoms with Crippen molar-refractivity contribution in [1.82, 2.24) is 4.57 Å². The van der Waals surface area contributed by atoms with Gasteiger partial charge in [-0.25, -0.2) is 0 Å². The number of carboxylic acid groups (broad SMARTS) is 1. The molecule has 19 heavy (non-hydrogen) atoms. The van der Waals surface area contributed by atoms with Crippen molar-refractivity contribution >= 4 is 28.5 Å². The molecule has 0 aliphatic heterocycles. The minimum Gasteiger partial charge on any atom is -0.481 e. The number of aryl methyl sites for hydroxylation is 1. The third-order valence-corrected chi connectivity index (χ3v) is 4.64. The average molecular weight is 278 g/mol. The Morgan fingerprint density at radius 1 is 1.37 bits per heavy atom. The zero-order chi connectivity index (χ0) is 13.6. The van der Waals surface area contributed by atoms with Crippen LogP contribution in [0.4, 0.5) is 0 Å². The molecule has 0 bridgehead atoms. The van der Waals surface area contributed by atoms with Gasteiger partial charge >= 0.3 is 5.97 Å². The van der Waals surface area contributed by atoms with E-state index in [9.17, 15) is 9.90 Å². The summed E-state index contributed by atoms with van der Waals surface area (Å²) in [4.78, 5) is 11.8. The number of benzene rings is 1. The summed E-state index contributed by atoms with van der Waals surface area (Å²) in [5, 5.41) is 11.3. The summed E-state index contributed by atoms with van der Waals surface area (Å²) in [6.45, 7) is 0. The lowest BCUT2D eigenvalue weighted by Gasteiger charge is -2.25. The van der Waals surface area contributed by atoms with Gasteiger partial charge in [0.2, 0.25) is 0 Å². The number of aromatic nitrogens is 1. The van der Waals surface area contributed by atoms with Crippen molar-refractivity contribution in [2.45, 2.75) is 31.1 Å². The van der Waals surface area contributed by atoms with Crippen LogP contribution in [0.1, 0.15) is 31.2 Å². The molecule has 2 aromatic rings. The second-order valence-electron chi connectivity index (χ2n) is 5.38. The molecule has 1 heterocycles. The van der Waals surface area contributed by atoms with E-state index in [0.29, 0.717) is 17.9 Å². The summed E-state index contributed by atoms with van der Waals surface area (Å²) in [5.41, 5.74) is 1.12. The van der Waals surface area contributed by atoms with Crippen molar-refractivity contribution in [3.05, 3.63) is 35.0 Å². The van der Waals surface area contributed by atoms with Gasteiger partial charge in [0.05, 0.1) is 16.0 Å². The molecular formula is C15H16ClNO2. The van der Waals surface area contributed by atoms with E-state index in [4.69, 9.17) is 11.6 Å². The third-order valence-electron chi connectivity index (χ3n) is 4.34. The number of halogens is 1. The number of carboxylic acids is 1. The number of para-hydroxylation sites is 1. The first-order valence-corrected chi connectivity index (χ1v) is 6.91. The fraction of sp³-hybridized carbons (Fsp3) is 0.400. The van der Waals surface area contributed by atoms with Gasteiger partial charge in [0.15, 0.2) is 0 Å². The average Bonchev–Trinajstić information content (AvgIpc) is 2.97. The Balaban J connectivity index is 2.33. The monoisotopic (exact) mass is 277 g/mol. The second-order valence-corrected chi connectivity index (χ2v) is 5.79. The van der Waals surface area contributed by atoms with Crippen LogP contribution in [0.3, 0.4) is 0 Å². The third kappa shape index (κ3) is 1.68. The Morgan fingerprint density at radius 2 is 2.05 bits per heavy atom. The van der Waals surface area contributed by atoms with Crippen LogP contribution in [0.2, 0.25) is 5.02 Å². The number of hydrogen-bond donors (Lipinski definition) is 1. The van der Waals surface area contributed by atoms with Gasteiger partial charge in [-0.3, -0.25) is 4.79 Å². The van der Waals surface area contributed by atoms with Crippen LogP contribution in [-0.2, 0) is 17.3 Å². The van der Waals surface area contributed by atoms with Gasteiger partial charge in [-0.15, -0.1) is 0 Å². The molecule has 1 aromatic carbocycles. The summed E-state index contributed by atoms with van der Waals surface area (Å²) in [6, 6.07) is 5.80. The van der Waals surface area contributed by atoms with Crippen LogP contribution in [0, 0.1) is 0 Å². The zero-order valence-electron chi connectivity index (χ0n) is 10.8. The smallest absolute Gasteiger partial charge is 0.314 e. The van der Waals surface area contributed by atoms with E-state index in [1.165, 1.54) is 0 Å². The van der Waals surface area contributed by atoms with Crippen LogP contribution < -0.4 is 0 Å². The van der Waals surface area contributed by atoms with E-state index < -0.39 is 11.4 Å². The first-order valence-electron chi connectivity index (χ1n) is 6.54. The van der Waals surface area contributed by atoms with E-state index >= 15 is 0 Å². The number of carbonyl (C=O) groups is 1. The molecule has 4 heteroatoms. The molecule has 1 saturated carbocycles. The topological polar surface area (TPSA) is 42.2 Å². The van der Waals surface area contributed by atoms with Crippen LogP contribution in [0.25, 0.3) is 10.9 Å². The van der Waals surface area contributed by atoms with E-state index in [1.807, 2.05) is 36.0 Å². The maximum absolute atomic E-state index is 11.8.